The minimum Gasteiger partial charge on any atom is -0.294 e. The molecule has 98 valence electrons. The second-order valence-corrected chi connectivity index (χ2v) is 5.13. The van der Waals surface area contributed by atoms with Crippen molar-refractivity contribution in [2.75, 3.05) is 0 Å². The van der Waals surface area contributed by atoms with Crippen molar-refractivity contribution < 1.29 is 13.6 Å². The monoisotopic (exact) mass is 252 g/mol. The van der Waals surface area contributed by atoms with Crippen LogP contribution in [0.15, 0.2) is 18.2 Å². The molecule has 1 aliphatic rings. The molecule has 1 aromatic carbocycles. The van der Waals surface area contributed by atoms with Crippen LogP contribution in [0.3, 0.4) is 0 Å². The predicted octanol–water partition coefficient (Wildman–Crippen LogP) is 4.36. The summed E-state index contributed by atoms with van der Waals surface area (Å²) in [6, 6.07) is 3.09. The van der Waals surface area contributed by atoms with Crippen molar-refractivity contribution in [3.8, 4) is 0 Å². The molecular weight excluding hydrogens is 234 g/mol. The van der Waals surface area contributed by atoms with Crippen molar-refractivity contribution in [3.63, 3.8) is 0 Å². The maximum atomic E-state index is 13.6. The maximum Gasteiger partial charge on any atom is 0.168 e. The number of benzene rings is 1. The summed E-state index contributed by atoms with van der Waals surface area (Å²) in [5.74, 6) is -0.989. The van der Waals surface area contributed by atoms with Crippen LogP contribution >= 0.6 is 0 Å². The maximum absolute atomic E-state index is 13.6. The highest BCUT2D eigenvalue weighted by Gasteiger charge is 2.28. The Morgan fingerprint density at radius 1 is 1.33 bits per heavy atom. The molecule has 0 bridgehead atoms. The van der Waals surface area contributed by atoms with E-state index >= 15 is 0 Å². The standard InChI is InChI=1S/C15H18F2O/c1-2-10-4-3-5-11(8-10)15(18)13-9-12(16)6-7-14(13)17/h6-7,9-11H,2-5,8H2,1H3. The Kier molecular flexibility index (Phi) is 4.10. The van der Waals surface area contributed by atoms with Gasteiger partial charge in [0, 0.05) is 5.92 Å². The third-order valence-electron chi connectivity index (χ3n) is 3.92. The molecule has 0 aliphatic heterocycles. The molecule has 2 rings (SSSR count). The van der Waals surface area contributed by atoms with Crippen molar-refractivity contribution >= 4 is 5.78 Å². The highest BCUT2D eigenvalue weighted by molar-refractivity contribution is 5.98. The number of rotatable bonds is 3. The van der Waals surface area contributed by atoms with E-state index in [1.54, 1.807) is 0 Å². The number of ketones is 1. The highest BCUT2D eigenvalue weighted by Crippen LogP contribution is 2.33. The number of carbonyl (C=O) groups is 1. The van der Waals surface area contributed by atoms with Crippen LogP contribution in [0.5, 0.6) is 0 Å². The van der Waals surface area contributed by atoms with Gasteiger partial charge in [0.15, 0.2) is 5.78 Å². The summed E-state index contributed by atoms with van der Waals surface area (Å²) in [4.78, 5) is 12.2. The average Bonchev–Trinajstić information content (AvgIpc) is 2.41. The SMILES string of the molecule is CCC1CCCC(C(=O)c2cc(F)ccc2F)C1. The lowest BCUT2D eigenvalue weighted by Gasteiger charge is -2.27. The third-order valence-corrected chi connectivity index (χ3v) is 3.92. The minimum atomic E-state index is -0.611. The van der Waals surface area contributed by atoms with Crippen LogP contribution in [0.1, 0.15) is 49.4 Å². The topological polar surface area (TPSA) is 17.1 Å². The number of Topliss-reactive ketones (excluding diaryl/α,β-unsaturated/α-hetero) is 1. The number of carbonyl (C=O) groups excluding carboxylic acids is 1. The van der Waals surface area contributed by atoms with E-state index in [1.165, 1.54) is 0 Å². The first-order valence-corrected chi connectivity index (χ1v) is 6.61. The Bertz CT molecular complexity index is 442. The molecule has 1 fully saturated rings. The van der Waals surface area contributed by atoms with Gasteiger partial charge in [-0.25, -0.2) is 8.78 Å². The molecule has 0 heterocycles. The molecule has 1 saturated carbocycles. The molecule has 0 N–H and O–H groups in total. The van der Waals surface area contributed by atoms with Gasteiger partial charge in [0.2, 0.25) is 0 Å². The lowest BCUT2D eigenvalue weighted by molar-refractivity contribution is 0.0857. The Morgan fingerprint density at radius 2 is 2.11 bits per heavy atom. The van der Waals surface area contributed by atoms with E-state index in [-0.39, 0.29) is 17.3 Å². The molecule has 0 spiro atoms. The average molecular weight is 252 g/mol. The van der Waals surface area contributed by atoms with Crippen LogP contribution in [0.4, 0.5) is 8.78 Å². The number of hydrogen-bond donors (Lipinski definition) is 0. The number of hydrogen-bond acceptors (Lipinski definition) is 1. The zero-order valence-electron chi connectivity index (χ0n) is 10.6. The van der Waals surface area contributed by atoms with Crippen LogP contribution in [-0.4, -0.2) is 5.78 Å². The van der Waals surface area contributed by atoms with Crippen molar-refractivity contribution in [1.82, 2.24) is 0 Å². The van der Waals surface area contributed by atoms with Gasteiger partial charge in [0.1, 0.15) is 11.6 Å². The van der Waals surface area contributed by atoms with Gasteiger partial charge in [0.25, 0.3) is 0 Å². The smallest absolute Gasteiger partial charge is 0.168 e. The van der Waals surface area contributed by atoms with Crippen LogP contribution in [0, 0.1) is 23.5 Å². The molecule has 3 heteroatoms. The van der Waals surface area contributed by atoms with E-state index in [0.29, 0.717) is 5.92 Å². The molecule has 18 heavy (non-hydrogen) atoms. The molecular formula is C15H18F2O. The van der Waals surface area contributed by atoms with Gasteiger partial charge < -0.3 is 0 Å². The van der Waals surface area contributed by atoms with Crippen LogP contribution in [0.25, 0.3) is 0 Å². The second kappa shape index (κ2) is 5.59. The van der Waals surface area contributed by atoms with Crippen LogP contribution in [-0.2, 0) is 0 Å². The van der Waals surface area contributed by atoms with Gasteiger partial charge >= 0.3 is 0 Å². The molecule has 0 amide bonds. The lowest BCUT2D eigenvalue weighted by Crippen LogP contribution is -2.23. The lowest BCUT2D eigenvalue weighted by atomic mass is 9.77. The van der Waals surface area contributed by atoms with E-state index in [9.17, 15) is 13.6 Å². The largest absolute Gasteiger partial charge is 0.294 e. The Morgan fingerprint density at radius 3 is 2.83 bits per heavy atom. The van der Waals surface area contributed by atoms with Gasteiger partial charge in [-0.15, -0.1) is 0 Å². The first kappa shape index (κ1) is 13.2. The molecule has 0 aromatic heterocycles. The fourth-order valence-corrected chi connectivity index (χ4v) is 2.81. The molecule has 1 nitrogen and oxygen atoms in total. The predicted molar refractivity (Wildman–Crippen MR) is 66.4 cm³/mol. The quantitative estimate of drug-likeness (QED) is 0.730. The zero-order chi connectivity index (χ0) is 13.1. The van der Waals surface area contributed by atoms with E-state index in [4.69, 9.17) is 0 Å². The fraction of sp³-hybridized carbons (Fsp3) is 0.533. The first-order valence-electron chi connectivity index (χ1n) is 6.61. The minimum absolute atomic E-state index is 0.0863. The second-order valence-electron chi connectivity index (χ2n) is 5.13. The Balaban J connectivity index is 2.17. The van der Waals surface area contributed by atoms with Crippen molar-refractivity contribution in [1.29, 1.82) is 0 Å². The van der Waals surface area contributed by atoms with Crippen molar-refractivity contribution in [2.24, 2.45) is 11.8 Å². The van der Waals surface area contributed by atoms with E-state index in [1.807, 2.05) is 0 Å². The zero-order valence-corrected chi connectivity index (χ0v) is 10.6. The summed E-state index contributed by atoms with van der Waals surface area (Å²) in [5.41, 5.74) is -0.0863. The summed E-state index contributed by atoms with van der Waals surface area (Å²) < 4.78 is 26.7. The molecule has 2 atom stereocenters. The number of halogens is 2. The van der Waals surface area contributed by atoms with Crippen LogP contribution in [0.2, 0.25) is 0 Å². The summed E-state index contributed by atoms with van der Waals surface area (Å²) >= 11 is 0. The summed E-state index contributed by atoms with van der Waals surface area (Å²) in [6.07, 6.45) is 4.81. The molecule has 1 aliphatic carbocycles. The van der Waals surface area contributed by atoms with Gasteiger partial charge in [0.05, 0.1) is 5.56 Å². The van der Waals surface area contributed by atoms with E-state index in [2.05, 4.69) is 6.92 Å². The molecule has 0 radical (unpaired) electrons. The van der Waals surface area contributed by atoms with E-state index in [0.717, 1.165) is 50.3 Å². The molecule has 1 aromatic rings. The van der Waals surface area contributed by atoms with E-state index < -0.39 is 11.6 Å². The molecule has 2 unspecified atom stereocenters. The van der Waals surface area contributed by atoms with Gasteiger partial charge in [-0.1, -0.05) is 26.2 Å². The molecule has 0 saturated heterocycles. The van der Waals surface area contributed by atoms with Gasteiger partial charge in [-0.2, -0.15) is 0 Å². The summed E-state index contributed by atoms with van der Waals surface area (Å²) in [6.45, 7) is 2.11. The highest BCUT2D eigenvalue weighted by atomic mass is 19.1. The fourth-order valence-electron chi connectivity index (χ4n) is 2.81. The summed E-state index contributed by atoms with van der Waals surface area (Å²) in [5, 5.41) is 0. The van der Waals surface area contributed by atoms with Crippen molar-refractivity contribution in [2.45, 2.75) is 39.0 Å². The third kappa shape index (κ3) is 2.77. The Hall–Kier alpha value is -1.25. The Labute approximate surface area is 106 Å². The first-order chi connectivity index (χ1) is 8.61. The van der Waals surface area contributed by atoms with Crippen LogP contribution < -0.4 is 0 Å². The summed E-state index contributed by atoms with van der Waals surface area (Å²) in [7, 11) is 0. The van der Waals surface area contributed by atoms with Crippen molar-refractivity contribution in [3.05, 3.63) is 35.4 Å². The normalized spacial score (nSPS) is 23.9. The van der Waals surface area contributed by atoms with Gasteiger partial charge in [-0.05, 0) is 37.0 Å². The van der Waals surface area contributed by atoms with Gasteiger partial charge in [-0.3, -0.25) is 4.79 Å².